The van der Waals surface area contributed by atoms with E-state index < -0.39 is 7.41 Å². The zero-order chi connectivity index (χ0) is 25.6. The van der Waals surface area contributed by atoms with Gasteiger partial charge in [0, 0.05) is 6.54 Å². The van der Waals surface area contributed by atoms with Crippen molar-refractivity contribution >= 4 is 33.2 Å². The van der Waals surface area contributed by atoms with Crippen molar-refractivity contribution in [3.63, 3.8) is 0 Å². The lowest BCUT2D eigenvalue weighted by atomic mass is 10.1. The van der Waals surface area contributed by atoms with Crippen LogP contribution in [0.5, 0.6) is 0 Å². The van der Waals surface area contributed by atoms with E-state index in [0.717, 1.165) is 6.54 Å². The van der Waals surface area contributed by atoms with Gasteiger partial charge in [-0.2, -0.15) is 15.0 Å². The van der Waals surface area contributed by atoms with Gasteiger partial charge in [0.25, 0.3) is 0 Å². The van der Waals surface area contributed by atoms with Crippen LogP contribution < -0.4 is 21.0 Å². The Morgan fingerprint density at radius 1 is 0.447 bits per heavy atom. The normalized spacial score (nSPS) is 10.6. The molecular formula is C35H40NP2+. The van der Waals surface area contributed by atoms with Crippen molar-refractivity contribution < 1.29 is 0 Å². The first-order valence-electron chi connectivity index (χ1n) is 13.3. The molecule has 0 fully saturated rings. The summed E-state index contributed by atoms with van der Waals surface area (Å²) < 4.78 is 0. The van der Waals surface area contributed by atoms with E-state index in [-0.39, 0.29) is 9.90 Å². The van der Waals surface area contributed by atoms with Gasteiger partial charge in [0.2, 0.25) is 0 Å². The molecule has 0 saturated heterocycles. The zero-order valence-corrected chi connectivity index (χ0v) is 24.7. The summed E-state index contributed by atoms with van der Waals surface area (Å²) in [5.74, 6) is 0. The van der Waals surface area contributed by atoms with Gasteiger partial charge >= 0.3 is 0 Å². The molecule has 0 heterocycles. The molecule has 5 aromatic rings. The predicted molar refractivity (Wildman–Crippen MR) is 176 cm³/mol. The van der Waals surface area contributed by atoms with Crippen molar-refractivity contribution in [2.24, 2.45) is 0 Å². The minimum atomic E-state index is -1.84. The Morgan fingerprint density at radius 2 is 0.763 bits per heavy atom. The summed E-state index contributed by atoms with van der Waals surface area (Å²) in [5.41, 5.74) is 2.55. The third-order valence-corrected chi connectivity index (χ3v) is 10.4. The standard InChI is InChI=1S/C23H27NP.C12H10.H3P/c1-2-3-13-20-24-25(21-14-7-4-8-15-21,22-16-9-5-10-17-22)23-18-11-6-12-19-23;1-3-7-11(8-4-1)12-9-5-2-6-10-12;/h4-12,14-19,24H,2-3,13,20H2,1H3;1-10H;1H3/q+1;;. The molecular weight excluding hydrogens is 496 g/mol. The monoisotopic (exact) mass is 536 g/mol. The summed E-state index contributed by atoms with van der Waals surface area (Å²) in [6.07, 6.45) is 3.73. The fraction of sp³-hybridized carbons (Fsp3) is 0.143. The summed E-state index contributed by atoms with van der Waals surface area (Å²) in [4.78, 5) is 0. The molecule has 1 unspecified atom stereocenters. The molecule has 0 aliphatic carbocycles. The maximum atomic E-state index is 4.03. The number of nitrogens with one attached hydrogen (secondary N) is 1. The number of rotatable bonds is 9. The lowest BCUT2D eigenvalue weighted by molar-refractivity contribution is 0.705. The van der Waals surface area contributed by atoms with Crippen molar-refractivity contribution in [2.45, 2.75) is 26.2 Å². The Balaban J connectivity index is 0.000000258. The van der Waals surface area contributed by atoms with Crippen LogP contribution in [0.4, 0.5) is 0 Å². The molecule has 5 aromatic carbocycles. The third-order valence-electron chi connectivity index (χ3n) is 6.44. The number of unbranched alkanes of at least 4 members (excludes halogenated alkanes) is 2. The Bertz CT molecular complexity index is 1140. The quantitative estimate of drug-likeness (QED) is 0.148. The third kappa shape index (κ3) is 7.72. The van der Waals surface area contributed by atoms with E-state index >= 15 is 0 Å². The van der Waals surface area contributed by atoms with E-state index in [4.69, 9.17) is 0 Å². The summed E-state index contributed by atoms with van der Waals surface area (Å²) in [7, 11) is -1.84. The molecule has 1 N–H and O–H groups in total. The number of hydrogen-bond acceptors (Lipinski definition) is 1. The SMILES string of the molecule is CCCCCN[P+](c1ccccc1)(c1ccccc1)c1ccccc1.P.c1ccc(-c2ccccc2)cc1. The first-order chi connectivity index (χ1) is 18.3. The molecule has 0 spiro atoms. The smallest absolute Gasteiger partial charge is 0.178 e. The average Bonchev–Trinajstić information content (AvgIpc) is 3.00. The highest BCUT2D eigenvalue weighted by Crippen LogP contribution is 2.51. The Hall–Kier alpha value is -3.08. The molecule has 194 valence electrons. The van der Waals surface area contributed by atoms with Crippen molar-refractivity contribution in [2.75, 3.05) is 6.54 Å². The van der Waals surface area contributed by atoms with Gasteiger partial charge < -0.3 is 0 Å². The van der Waals surface area contributed by atoms with Crippen LogP contribution in [0.3, 0.4) is 0 Å². The van der Waals surface area contributed by atoms with Crippen molar-refractivity contribution in [1.29, 1.82) is 0 Å². The second-order valence-electron chi connectivity index (χ2n) is 9.02. The van der Waals surface area contributed by atoms with E-state index in [9.17, 15) is 0 Å². The van der Waals surface area contributed by atoms with Crippen LogP contribution in [0.15, 0.2) is 152 Å². The van der Waals surface area contributed by atoms with Crippen LogP contribution in [-0.4, -0.2) is 6.54 Å². The zero-order valence-electron chi connectivity index (χ0n) is 22.4. The summed E-state index contributed by atoms with van der Waals surface area (Å²) in [5, 5.41) is 8.21. The molecule has 0 aliphatic rings. The summed E-state index contributed by atoms with van der Waals surface area (Å²) in [6, 6.07) is 53.7. The Labute approximate surface area is 233 Å². The van der Waals surface area contributed by atoms with E-state index in [1.807, 2.05) is 12.1 Å². The number of benzene rings is 5. The first kappa shape index (κ1) is 29.5. The van der Waals surface area contributed by atoms with Crippen molar-refractivity contribution in [1.82, 2.24) is 5.09 Å². The Morgan fingerprint density at radius 3 is 1.08 bits per heavy atom. The molecule has 0 saturated carbocycles. The van der Waals surface area contributed by atoms with E-state index in [1.54, 1.807) is 0 Å². The minimum absolute atomic E-state index is 0. The van der Waals surface area contributed by atoms with Gasteiger partial charge in [0.05, 0.1) is 0 Å². The van der Waals surface area contributed by atoms with Gasteiger partial charge in [-0.05, 0) is 53.9 Å². The topological polar surface area (TPSA) is 12.0 Å². The average molecular weight is 537 g/mol. The molecule has 0 radical (unpaired) electrons. The molecule has 3 heteroatoms. The van der Waals surface area contributed by atoms with E-state index in [2.05, 4.69) is 152 Å². The van der Waals surface area contributed by atoms with Crippen LogP contribution in [0.25, 0.3) is 11.1 Å². The second-order valence-corrected chi connectivity index (χ2v) is 12.2. The lowest BCUT2D eigenvalue weighted by Gasteiger charge is -2.27. The molecule has 0 bridgehead atoms. The lowest BCUT2D eigenvalue weighted by Crippen LogP contribution is -2.40. The number of hydrogen-bond donors (Lipinski definition) is 1. The van der Waals surface area contributed by atoms with Gasteiger partial charge in [-0.25, -0.2) is 0 Å². The molecule has 0 aromatic heterocycles. The highest BCUT2D eigenvalue weighted by Gasteiger charge is 2.45. The van der Waals surface area contributed by atoms with Crippen LogP contribution in [-0.2, 0) is 0 Å². The minimum Gasteiger partial charge on any atom is -0.178 e. The van der Waals surface area contributed by atoms with Crippen LogP contribution in [0, 0.1) is 0 Å². The molecule has 1 atom stereocenters. The van der Waals surface area contributed by atoms with Crippen LogP contribution in [0.2, 0.25) is 0 Å². The second kappa shape index (κ2) is 16.0. The van der Waals surface area contributed by atoms with Crippen molar-refractivity contribution in [3.05, 3.63) is 152 Å². The fourth-order valence-electron chi connectivity index (χ4n) is 4.56. The van der Waals surface area contributed by atoms with Crippen molar-refractivity contribution in [3.8, 4) is 11.1 Å². The summed E-state index contributed by atoms with van der Waals surface area (Å²) >= 11 is 0. The van der Waals surface area contributed by atoms with E-state index in [1.165, 1.54) is 46.3 Å². The van der Waals surface area contributed by atoms with Gasteiger partial charge in [0.1, 0.15) is 15.9 Å². The molecule has 0 aliphatic heterocycles. The highest BCUT2D eigenvalue weighted by atomic mass is 31.2. The van der Waals surface area contributed by atoms with Gasteiger partial charge in [0.15, 0.2) is 7.41 Å². The van der Waals surface area contributed by atoms with E-state index in [0.29, 0.717) is 0 Å². The van der Waals surface area contributed by atoms with Crippen LogP contribution >= 0.6 is 17.3 Å². The molecule has 1 nitrogen and oxygen atoms in total. The van der Waals surface area contributed by atoms with Gasteiger partial charge in [-0.1, -0.05) is 135 Å². The molecule has 5 rings (SSSR count). The van der Waals surface area contributed by atoms with Gasteiger partial charge in [-0.15, -0.1) is 0 Å². The fourth-order valence-corrected chi connectivity index (χ4v) is 8.35. The Kier molecular flexibility index (Phi) is 12.4. The molecule has 0 amide bonds. The first-order valence-corrected chi connectivity index (χ1v) is 15.0. The summed E-state index contributed by atoms with van der Waals surface area (Å²) in [6.45, 7) is 3.30. The van der Waals surface area contributed by atoms with Gasteiger partial charge in [-0.3, -0.25) is 0 Å². The largest absolute Gasteiger partial charge is 0.178 e. The highest BCUT2D eigenvalue weighted by molar-refractivity contribution is 7.94. The predicted octanol–water partition coefficient (Wildman–Crippen LogP) is 8.09. The van der Waals surface area contributed by atoms with Crippen LogP contribution in [0.1, 0.15) is 26.2 Å². The maximum Gasteiger partial charge on any atom is 0.178 e. The maximum absolute atomic E-state index is 4.03. The molecule has 38 heavy (non-hydrogen) atoms.